The number of fused-ring (bicyclic) bond motifs is 1. The molecular formula is C20H28ClN3O6. The molecule has 2 atom stereocenters. The van der Waals surface area contributed by atoms with Crippen molar-refractivity contribution in [3.05, 3.63) is 16.7 Å². The zero-order chi connectivity index (χ0) is 21.1. The maximum atomic E-state index is 12.8. The molecule has 9 nitrogen and oxygen atoms in total. The molecule has 0 aliphatic carbocycles. The molecule has 2 fully saturated rings. The molecule has 0 radical (unpaired) electrons. The largest absolute Gasteiger partial charge is 0.485 e. The zero-order valence-corrected chi connectivity index (χ0v) is 17.5. The molecule has 0 spiro atoms. The van der Waals surface area contributed by atoms with Gasteiger partial charge in [-0.05, 0) is 19.0 Å². The van der Waals surface area contributed by atoms with Crippen LogP contribution in [0, 0.1) is 5.92 Å². The summed E-state index contributed by atoms with van der Waals surface area (Å²) in [5.41, 5.74) is 6.47. The highest BCUT2D eigenvalue weighted by atomic mass is 35.5. The van der Waals surface area contributed by atoms with Gasteiger partial charge in [-0.25, -0.2) is 0 Å². The molecule has 3 aliphatic rings. The number of nitrogen functional groups attached to an aromatic ring is 1. The minimum Gasteiger partial charge on any atom is -0.485 e. The van der Waals surface area contributed by atoms with Crippen molar-refractivity contribution in [1.29, 1.82) is 0 Å². The number of hydrogen-bond donors (Lipinski definition) is 3. The fourth-order valence-corrected chi connectivity index (χ4v) is 4.23. The number of rotatable bonds is 6. The van der Waals surface area contributed by atoms with Crippen LogP contribution in [0.2, 0.25) is 5.02 Å². The molecule has 0 unspecified atom stereocenters. The maximum absolute atomic E-state index is 12.8. The number of nitrogens with zero attached hydrogens (tertiary/aromatic N) is 1. The van der Waals surface area contributed by atoms with Gasteiger partial charge >= 0.3 is 0 Å². The minimum absolute atomic E-state index is 0.0261. The van der Waals surface area contributed by atoms with E-state index in [9.17, 15) is 9.90 Å². The third kappa shape index (κ3) is 4.76. The third-order valence-corrected chi connectivity index (χ3v) is 6.12. The van der Waals surface area contributed by atoms with Gasteiger partial charge in [-0.3, -0.25) is 4.79 Å². The first-order valence-electron chi connectivity index (χ1n) is 10.3. The van der Waals surface area contributed by atoms with Gasteiger partial charge in [0.15, 0.2) is 17.8 Å². The van der Waals surface area contributed by atoms with Crippen molar-refractivity contribution in [3.63, 3.8) is 0 Å². The van der Waals surface area contributed by atoms with Crippen LogP contribution >= 0.6 is 11.6 Å². The summed E-state index contributed by atoms with van der Waals surface area (Å²) < 4.78 is 22.1. The molecular weight excluding hydrogens is 414 g/mol. The van der Waals surface area contributed by atoms with E-state index in [0.29, 0.717) is 51.0 Å². The Kier molecular flexibility index (Phi) is 6.84. The SMILES string of the molecule is Nc1cc(C(=O)NC[C@@H]2CCN(CCC3OCCO3)C[C@H]2O)c2c(c1Cl)OCCO2. The number of aliphatic hydroxyl groups excluding tert-OH is 1. The average molecular weight is 442 g/mol. The highest BCUT2D eigenvalue weighted by Gasteiger charge is 2.30. The topological polar surface area (TPSA) is 116 Å². The molecule has 10 heteroatoms. The number of piperidine rings is 1. The van der Waals surface area contributed by atoms with E-state index >= 15 is 0 Å². The number of nitrogens with one attached hydrogen (secondary N) is 1. The van der Waals surface area contributed by atoms with Crippen molar-refractivity contribution >= 4 is 23.2 Å². The highest BCUT2D eigenvalue weighted by Crippen LogP contribution is 2.43. The van der Waals surface area contributed by atoms with Crippen molar-refractivity contribution in [1.82, 2.24) is 10.2 Å². The second-order valence-corrected chi connectivity index (χ2v) is 8.15. The smallest absolute Gasteiger partial charge is 0.255 e. The molecule has 4 rings (SSSR count). The molecule has 3 heterocycles. The Bertz CT molecular complexity index is 773. The lowest BCUT2D eigenvalue weighted by molar-refractivity contribution is -0.0576. The summed E-state index contributed by atoms with van der Waals surface area (Å²) in [5.74, 6) is 0.258. The van der Waals surface area contributed by atoms with Crippen LogP contribution in [0.3, 0.4) is 0 Å². The Morgan fingerprint density at radius 3 is 2.70 bits per heavy atom. The fraction of sp³-hybridized carbons (Fsp3) is 0.650. The number of hydrogen-bond acceptors (Lipinski definition) is 8. The molecule has 1 amide bonds. The fourth-order valence-electron chi connectivity index (χ4n) is 4.03. The first-order valence-corrected chi connectivity index (χ1v) is 10.7. The van der Waals surface area contributed by atoms with E-state index in [2.05, 4.69) is 10.2 Å². The van der Waals surface area contributed by atoms with Gasteiger partial charge in [0.05, 0.1) is 30.6 Å². The monoisotopic (exact) mass is 441 g/mol. The lowest BCUT2D eigenvalue weighted by atomic mass is 9.93. The Morgan fingerprint density at radius 1 is 1.23 bits per heavy atom. The van der Waals surface area contributed by atoms with Gasteiger partial charge in [0.2, 0.25) is 0 Å². The van der Waals surface area contributed by atoms with Gasteiger partial charge in [-0.2, -0.15) is 0 Å². The van der Waals surface area contributed by atoms with Crippen LogP contribution in [0.15, 0.2) is 6.07 Å². The van der Waals surface area contributed by atoms with Crippen molar-refractivity contribution in [2.75, 3.05) is 58.3 Å². The lowest BCUT2D eigenvalue weighted by Gasteiger charge is -2.36. The van der Waals surface area contributed by atoms with Crippen LogP contribution in [0.5, 0.6) is 11.5 Å². The number of ether oxygens (including phenoxy) is 4. The van der Waals surface area contributed by atoms with E-state index in [1.807, 2.05) is 0 Å². The zero-order valence-electron chi connectivity index (χ0n) is 16.8. The number of anilines is 1. The number of carbonyl (C=O) groups excluding carboxylic acids is 1. The Balaban J connectivity index is 1.30. The number of carbonyl (C=O) groups is 1. The third-order valence-electron chi connectivity index (χ3n) is 5.73. The van der Waals surface area contributed by atoms with Crippen molar-refractivity contribution in [2.24, 2.45) is 5.92 Å². The predicted octanol–water partition coefficient (Wildman–Crippen LogP) is 0.869. The Labute approximate surface area is 180 Å². The first-order chi connectivity index (χ1) is 14.5. The van der Waals surface area contributed by atoms with E-state index in [-0.39, 0.29) is 34.4 Å². The molecule has 30 heavy (non-hydrogen) atoms. The van der Waals surface area contributed by atoms with Gasteiger partial charge in [-0.15, -0.1) is 0 Å². The van der Waals surface area contributed by atoms with E-state index in [1.54, 1.807) is 0 Å². The maximum Gasteiger partial charge on any atom is 0.255 e. The molecule has 2 saturated heterocycles. The number of β-amino-alcohol motifs (C(OH)–C–C–N with tert-alkyl or cyclic N) is 1. The summed E-state index contributed by atoms with van der Waals surface area (Å²) in [7, 11) is 0. The number of amides is 1. The van der Waals surface area contributed by atoms with Crippen molar-refractivity contribution < 1.29 is 28.8 Å². The van der Waals surface area contributed by atoms with Crippen molar-refractivity contribution in [2.45, 2.75) is 25.2 Å². The Morgan fingerprint density at radius 2 is 1.97 bits per heavy atom. The summed E-state index contributed by atoms with van der Waals surface area (Å²) in [6.07, 6.45) is 0.921. The number of halogens is 1. The van der Waals surface area contributed by atoms with E-state index in [1.165, 1.54) is 6.07 Å². The van der Waals surface area contributed by atoms with Gasteiger partial charge in [0.25, 0.3) is 5.91 Å². The van der Waals surface area contributed by atoms with E-state index in [0.717, 1.165) is 25.9 Å². The van der Waals surface area contributed by atoms with Crippen LogP contribution in [-0.4, -0.2) is 80.9 Å². The second kappa shape index (κ2) is 9.57. The number of likely N-dealkylation sites (tertiary alicyclic amines) is 1. The van der Waals surface area contributed by atoms with Gasteiger partial charge < -0.3 is 40.0 Å². The second-order valence-electron chi connectivity index (χ2n) is 7.77. The number of aliphatic hydroxyl groups is 1. The normalized spacial score (nSPS) is 24.7. The first kappa shape index (κ1) is 21.5. The molecule has 1 aromatic rings. The van der Waals surface area contributed by atoms with E-state index in [4.69, 9.17) is 36.3 Å². The van der Waals surface area contributed by atoms with Gasteiger partial charge in [0, 0.05) is 32.0 Å². The van der Waals surface area contributed by atoms with E-state index < -0.39 is 6.10 Å². The Hall–Kier alpha value is -1.78. The summed E-state index contributed by atoms with van der Waals surface area (Å²) in [5, 5.41) is 13.7. The molecule has 0 aromatic heterocycles. The molecule has 166 valence electrons. The van der Waals surface area contributed by atoms with Crippen molar-refractivity contribution in [3.8, 4) is 11.5 Å². The summed E-state index contributed by atoms with van der Waals surface area (Å²) in [6.45, 7) is 4.57. The molecule has 3 aliphatic heterocycles. The van der Waals surface area contributed by atoms with Crippen LogP contribution < -0.4 is 20.5 Å². The molecule has 1 aromatic carbocycles. The lowest BCUT2D eigenvalue weighted by Crippen LogP contribution is -2.48. The predicted molar refractivity (Wildman–Crippen MR) is 110 cm³/mol. The molecule has 4 N–H and O–H groups in total. The number of benzene rings is 1. The molecule has 0 saturated carbocycles. The minimum atomic E-state index is -0.520. The summed E-state index contributed by atoms with van der Waals surface area (Å²) >= 11 is 6.17. The van der Waals surface area contributed by atoms with Crippen LogP contribution in [0.4, 0.5) is 5.69 Å². The highest BCUT2D eigenvalue weighted by molar-refractivity contribution is 6.35. The quantitative estimate of drug-likeness (QED) is 0.557. The number of nitrogens with two attached hydrogens (primary N) is 1. The standard InChI is InChI=1S/C20H28ClN3O6/c21-17-14(22)9-13(18-19(17)30-8-7-29-18)20(26)23-10-12-1-3-24(11-15(12)25)4-2-16-27-5-6-28-16/h9,12,15-16,25H,1-8,10-11,22H2,(H,23,26)/t12-,15+/m0/s1. The molecule has 0 bridgehead atoms. The van der Waals surface area contributed by atoms with Crippen LogP contribution in [0.25, 0.3) is 0 Å². The average Bonchev–Trinajstić information content (AvgIpc) is 3.27. The summed E-state index contributed by atoms with van der Waals surface area (Å²) in [4.78, 5) is 15.0. The van der Waals surface area contributed by atoms with Crippen LogP contribution in [0.1, 0.15) is 23.2 Å². The van der Waals surface area contributed by atoms with Gasteiger partial charge in [0.1, 0.15) is 18.2 Å². The van der Waals surface area contributed by atoms with Crippen LogP contribution in [-0.2, 0) is 9.47 Å². The van der Waals surface area contributed by atoms with Gasteiger partial charge in [-0.1, -0.05) is 11.6 Å². The summed E-state index contributed by atoms with van der Waals surface area (Å²) in [6, 6.07) is 1.50.